The SMILES string of the molecule is CCC[C@@](F)(C(=O)NCc1ccc(Cl)c(F)c1F)c1cccnc1O. The van der Waals surface area contributed by atoms with Gasteiger partial charge in [-0.1, -0.05) is 31.0 Å². The second-order valence-corrected chi connectivity index (χ2v) is 5.85. The van der Waals surface area contributed by atoms with E-state index in [4.69, 9.17) is 11.6 Å². The van der Waals surface area contributed by atoms with E-state index >= 15 is 4.39 Å². The molecule has 25 heavy (non-hydrogen) atoms. The zero-order valence-electron chi connectivity index (χ0n) is 13.3. The molecular weight excluding hydrogens is 357 g/mol. The zero-order chi connectivity index (χ0) is 18.6. The van der Waals surface area contributed by atoms with E-state index in [9.17, 15) is 18.7 Å². The van der Waals surface area contributed by atoms with Crippen LogP contribution in [0.4, 0.5) is 13.2 Å². The summed E-state index contributed by atoms with van der Waals surface area (Å²) in [6, 6.07) is 4.98. The fourth-order valence-electron chi connectivity index (χ4n) is 2.44. The van der Waals surface area contributed by atoms with Gasteiger partial charge in [-0.25, -0.2) is 18.2 Å². The van der Waals surface area contributed by atoms with Crippen molar-refractivity contribution in [2.24, 2.45) is 0 Å². The van der Waals surface area contributed by atoms with Crippen molar-refractivity contribution in [1.82, 2.24) is 10.3 Å². The molecule has 0 bridgehead atoms. The largest absolute Gasteiger partial charge is 0.493 e. The quantitative estimate of drug-likeness (QED) is 0.753. The molecule has 1 atom stereocenters. The first-order valence-corrected chi connectivity index (χ1v) is 7.93. The Balaban J connectivity index is 2.25. The molecule has 0 fully saturated rings. The minimum Gasteiger partial charge on any atom is -0.493 e. The highest BCUT2D eigenvalue weighted by atomic mass is 35.5. The molecule has 0 spiro atoms. The Kier molecular flexibility index (Phi) is 5.89. The van der Waals surface area contributed by atoms with Crippen LogP contribution in [0.15, 0.2) is 30.5 Å². The summed E-state index contributed by atoms with van der Waals surface area (Å²) in [4.78, 5) is 16.0. The number of pyridine rings is 1. The number of carbonyl (C=O) groups is 1. The number of alkyl halides is 1. The smallest absolute Gasteiger partial charge is 0.262 e. The summed E-state index contributed by atoms with van der Waals surface area (Å²) in [5.74, 6) is -4.12. The van der Waals surface area contributed by atoms with Crippen molar-refractivity contribution in [2.75, 3.05) is 0 Å². The molecule has 2 rings (SSSR count). The van der Waals surface area contributed by atoms with Crippen LogP contribution < -0.4 is 5.32 Å². The molecule has 8 heteroatoms. The van der Waals surface area contributed by atoms with Gasteiger partial charge in [0.25, 0.3) is 5.91 Å². The molecule has 0 radical (unpaired) electrons. The van der Waals surface area contributed by atoms with Gasteiger partial charge in [-0.15, -0.1) is 0 Å². The van der Waals surface area contributed by atoms with E-state index < -0.39 is 40.7 Å². The van der Waals surface area contributed by atoms with E-state index in [1.165, 1.54) is 24.4 Å². The van der Waals surface area contributed by atoms with Gasteiger partial charge >= 0.3 is 0 Å². The highest BCUT2D eigenvalue weighted by Crippen LogP contribution is 2.36. The van der Waals surface area contributed by atoms with Gasteiger partial charge in [-0.05, 0) is 24.6 Å². The van der Waals surface area contributed by atoms with Gasteiger partial charge in [0.2, 0.25) is 11.5 Å². The first kappa shape index (κ1) is 19.1. The van der Waals surface area contributed by atoms with Gasteiger partial charge in [-0.3, -0.25) is 4.79 Å². The number of benzene rings is 1. The second kappa shape index (κ2) is 7.74. The molecule has 0 saturated carbocycles. The number of hydrogen-bond donors (Lipinski definition) is 2. The number of aromatic nitrogens is 1. The Morgan fingerprint density at radius 2 is 2.04 bits per heavy atom. The van der Waals surface area contributed by atoms with Crippen molar-refractivity contribution >= 4 is 17.5 Å². The normalized spacial score (nSPS) is 13.3. The molecule has 2 aromatic rings. The molecule has 1 heterocycles. The lowest BCUT2D eigenvalue weighted by molar-refractivity contribution is -0.134. The number of amides is 1. The molecule has 1 aromatic heterocycles. The van der Waals surface area contributed by atoms with Crippen molar-refractivity contribution < 1.29 is 23.1 Å². The van der Waals surface area contributed by atoms with E-state index in [1.807, 2.05) is 0 Å². The van der Waals surface area contributed by atoms with Crippen molar-refractivity contribution in [2.45, 2.75) is 32.0 Å². The minimum atomic E-state index is -2.55. The van der Waals surface area contributed by atoms with Crippen LogP contribution in [0.3, 0.4) is 0 Å². The second-order valence-electron chi connectivity index (χ2n) is 5.44. The monoisotopic (exact) mass is 372 g/mol. The van der Waals surface area contributed by atoms with Gasteiger partial charge in [-0.2, -0.15) is 0 Å². The van der Waals surface area contributed by atoms with Crippen molar-refractivity contribution in [3.8, 4) is 5.88 Å². The van der Waals surface area contributed by atoms with Crippen molar-refractivity contribution in [3.05, 3.63) is 58.2 Å². The molecule has 1 aromatic carbocycles. The zero-order valence-corrected chi connectivity index (χ0v) is 14.1. The Bertz CT molecular complexity index is 788. The average Bonchev–Trinajstić information content (AvgIpc) is 2.59. The summed E-state index contributed by atoms with van der Waals surface area (Å²) in [5, 5.41) is 11.6. The summed E-state index contributed by atoms with van der Waals surface area (Å²) >= 11 is 5.46. The predicted octanol–water partition coefficient (Wildman–Crippen LogP) is 4.00. The van der Waals surface area contributed by atoms with E-state index in [1.54, 1.807) is 6.92 Å². The summed E-state index contributed by atoms with van der Waals surface area (Å²) in [6.07, 6.45) is 1.35. The van der Waals surface area contributed by atoms with Crippen LogP contribution in [0.5, 0.6) is 5.88 Å². The molecule has 0 unspecified atom stereocenters. The molecule has 1 amide bonds. The third kappa shape index (κ3) is 3.87. The fourth-order valence-corrected chi connectivity index (χ4v) is 2.59. The maximum Gasteiger partial charge on any atom is 0.262 e. The molecule has 4 nitrogen and oxygen atoms in total. The fraction of sp³-hybridized carbons (Fsp3) is 0.294. The number of carbonyl (C=O) groups excluding carboxylic acids is 1. The van der Waals surface area contributed by atoms with Crippen molar-refractivity contribution in [1.29, 1.82) is 0 Å². The lowest BCUT2D eigenvalue weighted by Gasteiger charge is -2.24. The number of nitrogens with one attached hydrogen (secondary N) is 1. The van der Waals surface area contributed by atoms with Gasteiger partial charge in [0.1, 0.15) is 0 Å². The molecule has 0 aliphatic rings. The number of nitrogens with zero attached hydrogens (tertiary/aromatic N) is 1. The van der Waals surface area contributed by atoms with E-state index in [-0.39, 0.29) is 17.5 Å². The third-order valence-corrected chi connectivity index (χ3v) is 4.01. The van der Waals surface area contributed by atoms with Crippen molar-refractivity contribution in [3.63, 3.8) is 0 Å². The van der Waals surface area contributed by atoms with Gasteiger partial charge in [0.05, 0.1) is 10.6 Å². The molecule has 0 saturated heterocycles. The highest BCUT2D eigenvalue weighted by molar-refractivity contribution is 6.30. The van der Waals surface area contributed by atoms with Gasteiger partial charge < -0.3 is 10.4 Å². The summed E-state index contributed by atoms with van der Waals surface area (Å²) < 4.78 is 42.6. The Hall–Kier alpha value is -2.28. The molecule has 134 valence electrons. The van der Waals surface area contributed by atoms with Crippen LogP contribution in [0.25, 0.3) is 0 Å². The van der Waals surface area contributed by atoms with Crippen LogP contribution >= 0.6 is 11.6 Å². The van der Waals surface area contributed by atoms with Crippen LogP contribution in [0.2, 0.25) is 5.02 Å². The molecule has 2 N–H and O–H groups in total. The molecule has 0 aliphatic carbocycles. The number of halogens is 4. The van der Waals surface area contributed by atoms with Crippen LogP contribution in [-0.4, -0.2) is 16.0 Å². The Morgan fingerprint density at radius 3 is 2.68 bits per heavy atom. The van der Waals surface area contributed by atoms with Gasteiger partial charge in [0.15, 0.2) is 11.6 Å². The number of hydrogen-bond acceptors (Lipinski definition) is 3. The number of aromatic hydroxyl groups is 1. The summed E-state index contributed by atoms with van der Waals surface area (Å²) in [7, 11) is 0. The highest BCUT2D eigenvalue weighted by Gasteiger charge is 2.42. The molecular formula is C17H16ClF3N2O2. The first-order valence-electron chi connectivity index (χ1n) is 7.55. The maximum absolute atomic E-state index is 15.3. The van der Waals surface area contributed by atoms with Crippen LogP contribution in [0, 0.1) is 11.6 Å². The molecule has 0 aliphatic heterocycles. The average molecular weight is 373 g/mol. The number of rotatable bonds is 6. The topological polar surface area (TPSA) is 62.2 Å². The van der Waals surface area contributed by atoms with E-state index in [0.717, 1.165) is 6.07 Å². The lowest BCUT2D eigenvalue weighted by atomic mass is 9.90. The van der Waals surface area contributed by atoms with E-state index in [0.29, 0.717) is 6.42 Å². The predicted molar refractivity (Wildman–Crippen MR) is 86.8 cm³/mol. The lowest BCUT2D eigenvalue weighted by Crippen LogP contribution is -2.41. The summed E-state index contributed by atoms with van der Waals surface area (Å²) in [6.45, 7) is 1.23. The maximum atomic E-state index is 15.3. The van der Waals surface area contributed by atoms with E-state index in [2.05, 4.69) is 10.3 Å². The van der Waals surface area contributed by atoms with Crippen LogP contribution in [-0.2, 0) is 17.0 Å². The third-order valence-electron chi connectivity index (χ3n) is 3.72. The van der Waals surface area contributed by atoms with Gasteiger partial charge in [0, 0.05) is 18.3 Å². The Morgan fingerprint density at radius 1 is 1.32 bits per heavy atom. The Labute approximate surface area is 147 Å². The minimum absolute atomic E-state index is 0.176. The standard InChI is InChI=1S/C17H16ClF3N2O2/c1-2-7-17(21,11-4-3-8-22-15(11)24)16(25)23-9-10-5-6-12(18)14(20)13(10)19/h3-6,8H,2,7,9H2,1H3,(H,22,24)(H,23,25)/t17-/m0/s1. The first-order chi connectivity index (χ1) is 11.8. The summed E-state index contributed by atoms with van der Waals surface area (Å²) in [5.41, 5.74) is -3.00. The van der Waals surface area contributed by atoms with Crippen LogP contribution in [0.1, 0.15) is 30.9 Å².